The number of halogens is 4. The van der Waals surface area contributed by atoms with E-state index in [1.54, 1.807) is 28.9 Å². The number of amides is 1. The van der Waals surface area contributed by atoms with Crippen molar-refractivity contribution in [3.8, 4) is 5.75 Å². The van der Waals surface area contributed by atoms with Gasteiger partial charge in [0.2, 0.25) is 0 Å². The van der Waals surface area contributed by atoms with Gasteiger partial charge < -0.3 is 14.5 Å². The van der Waals surface area contributed by atoms with E-state index in [2.05, 4.69) is 4.98 Å². The molecule has 1 unspecified atom stereocenters. The largest absolute Gasteiger partial charge is 0.481 e. The Hall–Kier alpha value is -2.48. The molecule has 0 N–H and O–H groups in total. The molecule has 1 aromatic carbocycles. The van der Waals surface area contributed by atoms with Crippen LogP contribution in [0.2, 0.25) is 5.02 Å². The van der Waals surface area contributed by atoms with E-state index in [9.17, 15) is 18.0 Å². The number of pyridine rings is 1. The van der Waals surface area contributed by atoms with Gasteiger partial charge >= 0.3 is 6.18 Å². The van der Waals surface area contributed by atoms with Gasteiger partial charge in [0.05, 0.1) is 10.6 Å². The molecule has 3 rings (SSSR count). The van der Waals surface area contributed by atoms with Crippen LogP contribution in [0.15, 0.2) is 42.6 Å². The Morgan fingerprint density at radius 2 is 1.82 bits per heavy atom. The van der Waals surface area contributed by atoms with Crippen molar-refractivity contribution >= 4 is 23.3 Å². The van der Waals surface area contributed by atoms with Gasteiger partial charge in [-0.3, -0.25) is 4.79 Å². The number of para-hydroxylation sites is 1. The fraction of sp³-hybridized carbons (Fsp3) is 0.368. The summed E-state index contributed by atoms with van der Waals surface area (Å²) in [5.74, 6) is 0.757. The summed E-state index contributed by atoms with van der Waals surface area (Å²) in [6.45, 7) is 3.33. The zero-order chi connectivity index (χ0) is 20.3. The molecule has 1 aromatic heterocycles. The normalized spacial score (nSPS) is 16.0. The number of piperazine rings is 1. The highest BCUT2D eigenvalue weighted by molar-refractivity contribution is 6.33. The predicted octanol–water partition coefficient (Wildman–Crippen LogP) is 3.87. The third-order valence-corrected chi connectivity index (χ3v) is 4.72. The Kier molecular flexibility index (Phi) is 5.98. The van der Waals surface area contributed by atoms with E-state index in [1.165, 1.54) is 0 Å². The van der Waals surface area contributed by atoms with Crippen LogP contribution < -0.4 is 9.64 Å². The molecular formula is C19H19ClF3N3O2. The van der Waals surface area contributed by atoms with Gasteiger partial charge in [0.25, 0.3) is 5.91 Å². The summed E-state index contributed by atoms with van der Waals surface area (Å²) in [7, 11) is 0. The molecule has 150 valence electrons. The van der Waals surface area contributed by atoms with E-state index in [4.69, 9.17) is 16.3 Å². The summed E-state index contributed by atoms with van der Waals surface area (Å²) in [5.41, 5.74) is -0.887. The average molecular weight is 414 g/mol. The highest BCUT2D eigenvalue weighted by Crippen LogP contribution is 2.33. The van der Waals surface area contributed by atoms with E-state index in [-0.39, 0.29) is 16.7 Å². The Balaban J connectivity index is 1.59. The number of carbonyl (C=O) groups excluding carboxylic acids is 1. The Morgan fingerprint density at radius 1 is 1.18 bits per heavy atom. The fourth-order valence-corrected chi connectivity index (χ4v) is 3.25. The van der Waals surface area contributed by atoms with Crippen LogP contribution >= 0.6 is 11.6 Å². The van der Waals surface area contributed by atoms with Crippen molar-refractivity contribution in [1.82, 2.24) is 9.88 Å². The lowest BCUT2D eigenvalue weighted by atomic mass is 10.2. The number of hydrogen-bond donors (Lipinski definition) is 0. The maximum Gasteiger partial charge on any atom is 0.417 e. The Labute approximate surface area is 165 Å². The van der Waals surface area contributed by atoms with Gasteiger partial charge in [0, 0.05) is 32.4 Å². The summed E-state index contributed by atoms with van der Waals surface area (Å²) in [6.07, 6.45) is -4.36. The summed E-state index contributed by atoms with van der Waals surface area (Å²) >= 11 is 6.00. The molecule has 0 aliphatic carbocycles. The SMILES string of the molecule is CC(Oc1ccccc1)C(=O)N1CCN(c2ncc(C(F)(F)F)cc2Cl)CC1. The molecule has 1 fully saturated rings. The smallest absolute Gasteiger partial charge is 0.417 e. The first-order valence-corrected chi connectivity index (χ1v) is 9.11. The van der Waals surface area contributed by atoms with Gasteiger partial charge in [0.15, 0.2) is 6.10 Å². The quantitative estimate of drug-likeness (QED) is 0.763. The molecular weight excluding hydrogens is 395 g/mol. The second-order valence-electron chi connectivity index (χ2n) is 6.41. The van der Waals surface area contributed by atoms with Crippen molar-refractivity contribution in [1.29, 1.82) is 0 Å². The third kappa shape index (κ3) is 4.67. The lowest BCUT2D eigenvalue weighted by molar-refractivity contribution is -0.138. The van der Waals surface area contributed by atoms with Gasteiger partial charge in [-0.05, 0) is 25.1 Å². The molecule has 5 nitrogen and oxygen atoms in total. The summed E-state index contributed by atoms with van der Waals surface area (Å²) in [4.78, 5) is 19.9. The zero-order valence-corrected chi connectivity index (χ0v) is 15.9. The monoisotopic (exact) mass is 413 g/mol. The standard InChI is InChI=1S/C19H19ClF3N3O2/c1-13(28-15-5-3-2-4-6-15)18(27)26-9-7-25(8-10-26)17-16(20)11-14(12-24-17)19(21,22)23/h2-6,11-13H,7-10H2,1H3. The first-order valence-electron chi connectivity index (χ1n) is 8.74. The first kappa shape index (κ1) is 20.3. The molecule has 1 saturated heterocycles. The summed E-state index contributed by atoms with van der Waals surface area (Å²) in [5, 5.41) is -0.0598. The lowest BCUT2D eigenvalue weighted by Gasteiger charge is -2.36. The van der Waals surface area contributed by atoms with E-state index in [0.717, 1.165) is 12.3 Å². The molecule has 28 heavy (non-hydrogen) atoms. The van der Waals surface area contributed by atoms with Crippen molar-refractivity contribution in [3.63, 3.8) is 0 Å². The van der Waals surface area contributed by atoms with E-state index in [1.807, 2.05) is 18.2 Å². The van der Waals surface area contributed by atoms with Crippen LogP contribution in [0, 0.1) is 0 Å². The van der Waals surface area contributed by atoms with Crippen LogP contribution in [0.4, 0.5) is 19.0 Å². The predicted molar refractivity (Wildman–Crippen MR) is 99.6 cm³/mol. The van der Waals surface area contributed by atoms with Gasteiger partial charge in [-0.1, -0.05) is 29.8 Å². The molecule has 0 saturated carbocycles. The molecule has 1 amide bonds. The minimum atomic E-state index is -4.49. The second kappa shape index (κ2) is 8.26. The average Bonchev–Trinajstić information content (AvgIpc) is 2.67. The lowest BCUT2D eigenvalue weighted by Crippen LogP contribution is -2.52. The van der Waals surface area contributed by atoms with Gasteiger partial charge in [0.1, 0.15) is 11.6 Å². The molecule has 2 heterocycles. The first-order chi connectivity index (χ1) is 13.3. The number of rotatable bonds is 4. The zero-order valence-electron chi connectivity index (χ0n) is 15.1. The Bertz CT molecular complexity index is 825. The number of anilines is 1. The van der Waals surface area contributed by atoms with Gasteiger partial charge in [-0.2, -0.15) is 13.2 Å². The van der Waals surface area contributed by atoms with Crippen molar-refractivity contribution in [3.05, 3.63) is 53.2 Å². The topological polar surface area (TPSA) is 45.7 Å². The summed E-state index contributed by atoms with van der Waals surface area (Å²) in [6, 6.07) is 9.94. The second-order valence-corrected chi connectivity index (χ2v) is 6.82. The molecule has 2 aromatic rings. The van der Waals surface area contributed by atoms with Crippen LogP contribution in [0.25, 0.3) is 0 Å². The molecule has 0 radical (unpaired) electrons. The van der Waals surface area contributed by atoms with E-state index in [0.29, 0.717) is 31.9 Å². The van der Waals surface area contributed by atoms with Crippen LogP contribution in [-0.4, -0.2) is 48.1 Å². The minimum Gasteiger partial charge on any atom is -0.481 e. The Morgan fingerprint density at radius 3 is 2.39 bits per heavy atom. The van der Waals surface area contributed by atoms with Gasteiger partial charge in [-0.25, -0.2) is 4.98 Å². The van der Waals surface area contributed by atoms with Crippen molar-refractivity contribution in [2.45, 2.75) is 19.2 Å². The maximum atomic E-state index is 12.7. The van der Waals surface area contributed by atoms with Crippen LogP contribution in [-0.2, 0) is 11.0 Å². The van der Waals surface area contributed by atoms with Crippen LogP contribution in [0.5, 0.6) is 5.75 Å². The molecule has 0 spiro atoms. The number of carbonyl (C=O) groups is 1. The van der Waals surface area contributed by atoms with Crippen LogP contribution in [0.3, 0.4) is 0 Å². The molecule has 1 aliphatic rings. The molecule has 1 atom stereocenters. The number of nitrogens with zero attached hydrogens (tertiary/aromatic N) is 3. The van der Waals surface area contributed by atoms with Crippen molar-refractivity contribution < 1.29 is 22.7 Å². The van der Waals surface area contributed by atoms with Crippen molar-refractivity contribution in [2.24, 2.45) is 0 Å². The third-order valence-electron chi connectivity index (χ3n) is 4.44. The van der Waals surface area contributed by atoms with E-state index >= 15 is 0 Å². The summed E-state index contributed by atoms with van der Waals surface area (Å²) < 4.78 is 43.9. The fourth-order valence-electron chi connectivity index (χ4n) is 2.97. The maximum absolute atomic E-state index is 12.7. The molecule has 1 aliphatic heterocycles. The highest BCUT2D eigenvalue weighted by Gasteiger charge is 2.33. The highest BCUT2D eigenvalue weighted by atomic mass is 35.5. The number of ether oxygens (including phenoxy) is 1. The van der Waals surface area contributed by atoms with Crippen LogP contribution in [0.1, 0.15) is 12.5 Å². The minimum absolute atomic E-state index is 0.0598. The number of aromatic nitrogens is 1. The number of benzene rings is 1. The number of alkyl halides is 3. The molecule has 0 bridgehead atoms. The van der Waals surface area contributed by atoms with Gasteiger partial charge in [-0.15, -0.1) is 0 Å². The van der Waals surface area contributed by atoms with Crippen molar-refractivity contribution in [2.75, 3.05) is 31.1 Å². The van der Waals surface area contributed by atoms with E-state index < -0.39 is 17.8 Å². The molecule has 9 heteroatoms. The number of hydrogen-bond acceptors (Lipinski definition) is 4.